The molecule has 0 saturated carbocycles. The van der Waals surface area contributed by atoms with Crippen LogP contribution in [0.2, 0.25) is 0 Å². The van der Waals surface area contributed by atoms with Crippen LogP contribution in [0.15, 0.2) is 18.3 Å². The Balaban J connectivity index is 2.00. The Labute approximate surface area is 101 Å². The molecule has 0 radical (unpaired) electrons. The van der Waals surface area contributed by atoms with E-state index in [2.05, 4.69) is 22.0 Å². The van der Waals surface area contributed by atoms with E-state index in [4.69, 9.17) is 16.3 Å². The molecule has 88 valence electrons. The van der Waals surface area contributed by atoms with Crippen LogP contribution in [0.3, 0.4) is 0 Å². The summed E-state index contributed by atoms with van der Waals surface area (Å²) >= 11 is 6.02. The van der Waals surface area contributed by atoms with E-state index in [0.29, 0.717) is 0 Å². The van der Waals surface area contributed by atoms with Crippen molar-refractivity contribution in [2.45, 2.75) is 18.8 Å². The molecule has 0 aliphatic carbocycles. The van der Waals surface area contributed by atoms with Gasteiger partial charge in [0, 0.05) is 25.8 Å². The molecular weight excluding hydrogens is 224 g/mol. The van der Waals surface area contributed by atoms with Crippen molar-refractivity contribution in [3.05, 3.63) is 29.6 Å². The molecule has 1 aromatic heterocycles. The molecule has 2 rings (SSSR count). The van der Waals surface area contributed by atoms with Gasteiger partial charge in [-0.15, -0.1) is 11.6 Å². The highest BCUT2D eigenvalue weighted by Crippen LogP contribution is 2.18. The summed E-state index contributed by atoms with van der Waals surface area (Å²) in [6, 6.07) is 4.14. The van der Waals surface area contributed by atoms with Crippen molar-refractivity contribution < 1.29 is 4.74 Å². The van der Waals surface area contributed by atoms with Gasteiger partial charge in [-0.05, 0) is 24.6 Å². The summed E-state index contributed by atoms with van der Waals surface area (Å²) in [5, 5.41) is -0.0235. The largest absolute Gasteiger partial charge is 0.379 e. The maximum absolute atomic E-state index is 6.02. The highest BCUT2D eigenvalue weighted by Gasteiger charge is 2.11. The number of ether oxygens (including phenoxy) is 1. The average molecular weight is 241 g/mol. The topological polar surface area (TPSA) is 25.4 Å². The van der Waals surface area contributed by atoms with E-state index in [1.54, 1.807) is 0 Å². The number of aromatic nitrogens is 1. The Hall–Kier alpha value is -0.640. The molecule has 1 saturated heterocycles. The van der Waals surface area contributed by atoms with Gasteiger partial charge < -0.3 is 4.74 Å². The van der Waals surface area contributed by atoms with Crippen molar-refractivity contribution in [1.29, 1.82) is 0 Å². The number of hydrogen-bond donors (Lipinski definition) is 0. The second-order valence-electron chi connectivity index (χ2n) is 4.09. The fraction of sp³-hybridized carbons (Fsp3) is 0.583. The lowest BCUT2D eigenvalue weighted by atomic mass is 10.2. The van der Waals surface area contributed by atoms with Crippen LogP contribution >= 0.6 is 11.6 Å². The van der Waals surface area contributed by atoms with Gasteiger partial charge in [0.25, 0.3) is 0 Å². The van der Waals surface area contributed by atoms with Crippen LogP contribution in [-0.2, 0) is 11.3 Å². The van der Waals surface area contributed by atoms with Gasteiger partial charge in [-0.1, -0.05) is 0 Å². The summed E-state index contributed by atoms with van der Waals surface area (Å²) in [5.74, 6) is 0. The fourth-order valence-corrected chi connectivity index (χ4v) is 1.95. The lowest BCUT2D eigenvalue weighted by Crippen LogP contribution is -2.35. The smallest absolute Gasteiger partial charge is 0.0729 e. The summed E-state index contributed by atoms with van der Waals surface area (Å²) < 4.78 is 5.32. The monoisotopic (exact) mass is 240 g/mol. The van der Waals surface area contributed by atoms with E-state index in [-0.39, 0.29) is 5.38 Å². The number of halogens is 1. The molecule has 0 spiro atoms. The van der Waals surface area contributed by atoms with Gasteiger partial charge in [-0.25, -0.2) is 0 Å². The normalized spacial score (nSPS) is 19.6. The number of rotatable bonds is 3. The van der Waals surface area contributed by atoms with Gasteiger partial charge in [-0.3, -0.25) is 9.88 Å². The maximum atomic E-state index is 6.02. The predicted molar refractivity (Wildman–Crippen MR) is 64.6 cm³/mol. The maximum Gasteiger partial charge on any atom is 0.0729 e. The molecule has 0 amide bonds. The van der Waals surface area contributed by atoms with Crippen molar-refractivity contribution >= 4 is 11.6 Å². The van der Waals surface area contributed by atoms with E-state index < -0.39 is 0 Å². The molecule has 0 bridgehead atoms. The summed E-state index contributed by atoms with van der Waals surface area (Å²) in [6.07, 6.45) is 1.84. The minimum Gasteiger partial charge on any atom is -0.379 e. The van der Waals surface area contributed by atoms with Crippen LogP contribution in [-0.4, -0.2) is 36.2 Å². The molecule has 0 N–H and O–H groups in total. The Morgan fingerprint density at radius 3 is 2.94 bits per heavy atom. The van der Waals surface area contributed by atoms with Crippen molar-refractivity contribution in [3.63, 3.8) is 0 Å². The van der Waals surface area contributed by atoms with Crippen LogP contribution in [0.1, 0.15) is 23.6 Å². The number of pyridine rings is 1. The Bertz CT molecular complexity index is 338. The zero-order valence-corrected chi connectivity index (χ0v) is 10.3. The third kappa shape index (κ3) is 3.17. The second-order valence-corrected chi connectivity index (χ2v) is 4.75. The van der Waals surface area contributed by atoms with Crippen molar-refractivity contribution in [2.75, 3.05) is 26.3 Å². The quantitative estimate of drug-likeness (QED) is 0.758. The number of morpholine rings is 1. The van der Waals surface area contributed by atoms with Crippen LogP contribution in [0.5, 0.6) is 0 Å². The van der Waals surface area contributed by atoms with Gasteiger partial charge in [0.05, 0.1) is 24.3 Å². The molecule has 1 unspecified atom stereocenters. The Kier molecular flexibility index (Phi) is 4.16. The molecule has 1 atom stereocenters. The second kappa shape index (κ2) is 5.62. The standard InChI is InChI=1S/C12H17ClN2O/c1-10(13)12-8-11(2-3-14-12)9-15-4-6-16-7-5-15/h2-3,8,10H,4-7,9H2,1H3. The number of hydrogen-bond acceptors (Lipinski definition) is 3. The molecule has 0 aromatic carbocycles. The summed E-state index contributed by atoms with van der Waals surface area (Å²) in [5.41, 5.74) is 2.23. The van der Waals surface area contributed by atoms with E-state index in [1.807, 2.05) is 13.1 Å². The third-order valence-electron chi connectivity index (χ3n) is 2.76. The van der Waals surface area contributed by atoms with Crippen LogP contribution in [0.25, 0.3) is 0 Å². The first-order valence-electron chi connectivity index (χ1n) is 5.64. The molecule has 2 heterocycles. The molecule has 16 heavy (non-hydrogen) atoms. The van der Waals surface area contributed by atoms with Crippen molar-refractivity contribution in [3.8, 4) is 0 Å². The number of nitrogens with zero attached hydrogens (tertiary/aromatic N) is 2. The highest BCUT2D eigenvalue weighted by atomic mass is 35.5. The zero-order chi connectivity index (χ0) is 11.4. The average Bonchev–Trinajstić information content (AvgIpc) is 2.30. The molecule has 4 heteroatoms. The molecule has 1 fully saturated rings. The lowest BCUT2D eigenvalue weighted by molar-refractivity contribution is 0.0342. The first kappa shape index (κ1) is 11.8. The SMILES string of the molecule is CC(Cl)c1cc(CN2CCOCC2)ccn1. The lowest BCUT2D eigenvalue weighted by Gasteiger charge is -2.26. The number of alkyl halides is 1. The minimum atomic E-state index is -0.0235. The van der Waals surface area contributed by atoms with Gasteiger partial charge >= 0.3 is 0 Å². The summed E-state index contributed by atoms with van der Waals surface area (Å²) in [7, 11) is 0. The molecular formula is C12H17ClN2O. The van der Waals surface area contributed by atoms with Crippen LogP contribution < -0.4 is 0 Å². The van der Waals surface area contributed by atoms with Crippen LogP contribution in [0, 0.1) is 0 Å². The fourth-order valence-electron chi connectivity index (χ4n) is 1.83. The Morgan fingerprint density at radius 1 is 1.50 bits per heavy atom. The van der Waals surface area contributed by atoms with Gasteiger partial charge in [0.15, 0.2) is 0 Å². The highest BCUT2D eigenvalue weighted by molar-refractivity contribution is 6.20. The van der Waals surface area contributed by atoms with Gasteiger partial charge in [0.1, 0.15) is 0 Å². The predicted octanol–water partition coefficient (Wildman–Crippen LogP) is 2.21. The molecule has 1 aromatic rings. The molecule has 1 aliphatic rings. The first-order valence-corrected chi connectivity index (χ1v) is 6.08. The third-order valence-corrected chi connectivity index (χ3v) is 2.99. The summed E-state index contributed by atoms with van der Waals surface area (Å²) in [6.45, 7) is 6.60. The van der Waals surface area contributed by atoms with Gasteiger partial charge in [-0.2, -0.15) is 0 Å². The summed E-state index contributed by atoms with van der Waals surface area (Å²) in [4.78, 5) is 6.65. The first-order chi connectivity index (χ1) is 7.75. The van der Waals surface area contributed by atoms with E-state index >= 15 is 0 Å². The van der Waals surface area contributed by atoms with Crippen molar-refractivity contribution in [2.24, 2.45) is 0 Å². The van der Waals surface area contributed by atoms with Crippen LogP contribution in [0.4, 0.5) is 0 Å². The molecule has 1 aliphatic heterocycles. The van der Waals surface area contributed by atoms with Crippen molar-refractivity contribution in [1.82, 2.24) is 9.88 Å². The zero-order valence-electron chi connectivity index (χ0n) is 9.53. The molecule has 3 nitrogen and oxygen atoms in total. The van der Waals surface area contributed by atoms with Gasteiger partial charge in [0.2, 0.25) is 0 Å². The Morgan fingerprint density at radius 2 is 2.25 bits per heavy atom. The van der Waals surface area contributed by atoms with E-state index in [0.717, 1.165) is 38.5 Å². The van der Waals surface area contributed by atoms with E-state index in [1.165, 1.54) is 5.56 Å². The van der Waals surface area contributed by atoms with E-state index in [9.17, 15) is 0 Å². The minimum absolute atomic E-state index is 0.0235.